The van der Waals surface area contributed by atoms with Gasteiger partial charge in [0.15, 0.2) is 0 Å². The highest BCUT2D eigenvalue weighted by Crippen LogP contribution is 2.32. The fourth-order valence-electron chi connectivity index (χ4n) is 3.29. The Kier molecular flexibility index (Phi) is 4.32. The van der Waals surface area contributed by atoms with Gasteiger partial charge in [0, 0.05) is 17.1 Å². The maximum absolute atomic E-state index is 12.6. The number of para-hydroxylation sites is 2. The van der Waals surface area contributed by atoms with Crippen LogP contribution in [0.1, 0.15) is 21.5 Å². The zero-order valence-corrected chi connectivity index (χ0v) is 14.6. The lowest BCUT2D eigenvalue weighted by Gasteiger charge is -2.13. The molecule has 26 heavy (non-hydrogen) atoms. The van der Waals surface area contributed by atoms with E-state index in [2.05, 4.69) is 34.9 Å². The van der Waals surface area contributed by atoms with Gasteiger partial charge in [-0.05, 0) is 54.3 Å². The van der Waals surface area contributed by atoms with Gasteiger partial charge in [-0.1, -0.05) is 36.4 Å². The van der Waals surface area contributed by atoms with Gasteiger partial charge in [0.05, 0.1) is 12.7 Å². The summed E-state index contributed by atoms with van der Waals surface area (Å²) < 4.78 is 5.28. The number of anilines is 3. The predicted molar refractivity (Wildman–Crippen MR) is 105 cm³/mol. The third kappa shape index (κ3) is 3.14. The number of ether oxygens (including phenoxy) is 1. The smallest absolute Gasteiger partial charge is 0.259 e. The van der Waals surface area contributed by atoms with Crippen LogP contribution in [0.2, 0.25) is 0 Å². The van der Waals surface area contributed by atoms with Crippen molar-refractivity contribution in [1.29, 1.82) is 0 Å². The maximum Gasteiger partial charge on any atom is 0.259 e. The summed E-state index contributed by atoms with van der Waals surface area (Å²) in [5.74, 6) is 0.378. The third-order valence-electron chi connectivity index (χ3n) is 4.67. The number of methoxy groups -OCH3 is 1. The molecule has 1 amide bonds. The minimum Gasteiger partial charge on any atom is -0.496 e. The average molecular weight is 344 g/mol. The number of rotatable bonds is 3. The summed E-state index contributed by atoms with van der Waals surface area (Å²) in [4.78, 5) is 12.6. The van der Waals surface area contributed by atoms with E-state index in [0.29, 0.717) is 11.3 Å². The van der Waals surface area contributed by atoms with Gasteiger partial charge in [-0.3, -0.25) is 4.79 Å². The van der Waals surface area contributed by atoms with E-state index in [0.717, 1.165) is 29.9 Å². The molecule has 0 aromatic heterocycles. The lowest BCUT2D eigenvalue weighted by atomic mass is 10.0. The highest BCUT2D eigenvalue weighted by molar-refractivity contribution is 6.06. The van der Waals surface area contributed by atoms with E-state index in [1.165, 1.54) is 11.1 Å². The van der Waals surface area contributed by atoms with Gasteiger partial charge < -0.3 is 15.4 Å². The molecular formula is C22H20N2O2. The van der Waals surface area contributed by atoms with Crippen molar-refractivity contribution in [1.82, 2.24) is 0 Å². The highest BCUT2D eigenvalue weighted by atomic mass is 16.5. The zero-order chi connectivity index (χ0) is 17.9. The predicted octanol–water partition coefficient (Wildman–Crippen LogP) is 4.79. The molecule has 4 heteroatoms. The standard InChI is InChI=1S/C22H20N2O2/c1-26-21-9-5-3-7-18(21)22(25)23-17-13-12-16-11-10-15-6-2-4-8-19(15)24-20(16)14-17/h2-9,12-14,24H,10-11H2,1H3,(H,23,25). The first kappa shape index (κ1) is 16.2. The van der Waals surface area contributed by atoms with Gasteiger partial charge >= 0.3 is 0 Å². The number of benzene rings is 3. The topological polar surface area (TPSA) is 50.4 Å². The Balaban J connectivity index is 1.60. The van der Waals surface area contributed by atoms with Crippen molar-refractivity contribution in [2.45, 2.75) is 12.8 Å². The molecule has 1 aliphatic rings. The van der Waals surface area contributed by atoms with Crippen LogP contribution in [0.4, 0.5) is 17.1 Å². The largest absolute Gasteiger partial charge is 0.496 e. The second kappa shape index (κ2) is 6.92. The van der Waals surface area contributed by atoms with E-state index in [4.69, 9.17) is 4.74 Å². The number of carbonyl (C=O) groups is 1. The van der Waals surface area contributed by atoms with Crippen LogP contribution in [0, 0.1) is 0 Å². The molecule has 3 aromatic rings. The molecule has 0 atom stereocenters. The molecule has 130 valence electrons. The van der Waals surface area contributed by atoms with E-state index in [1.54, 1.807) is 19.2 Å². The number of hydrogen-bond acceptors (Lipinski definition) is 3. The summed E-state index contributed by atoms with van der Waals surface area (Å²) in [5.41, 5.74) is 5.99. The maximum atomic E-state index is 12.6. The van der Waals surface area contributed by atoms with Crippen LogP contribution in [0.3, 0.4) is 0 Å². The molecule has 0 saturated heterocycles. The van der Waals surface area contributed by atoms with E-state index in [9.17, 15) is 4.79 Å². The molecule has 0 radical (unpaired) electrons. The molecule has 4 nitrogen and oxygen atoms in total. The van der Waals surface area contributed by atoms with E-state index < -0.39 is 0 Å². The molecule has 2 N–H and O–H groups in total. The molecule has 1 heterocycles. The van der Waals surface area contributed by atoms with Crippen LogP contribution in [-0.4, -0.2) is 13.0 Å². The molecule has 0 bridgehead atoms. The van der Waals surface area contributed by atoms with Gasteiger partial charge in [-0.25, -0.2) is 0 Å². The summed E-state index contributed by atoms with van der Waals surface area (Å²) in [5, 5.41) is 6.47. The van der Waals surface area contributed by atoms with Gasteiger partial charge in [0.1, 0.15) is 5.75 Å². The quantitative estimate of drug-likeness (QED) is 0.718. The van der Waals surface area contributed by atoms with Crippen molar-refractivity contribution in [3.05, 3.63) is 83.4 Å². The highest BCUT2D eigenvalue weighted by Gasteiger charge is 2.15. The number of aryl methyl sites for hydroxylation is 2. The summed E-state index contributed by atoms with van der Waals surface area (Å²) in [7, 11) is 1.57. The van der Waals surface area contributed by atoms with Crippen molar-refractivity contribution in [2.75, 3.05) is 17.7 Å². The summed E-state index contributed by atoms with van der Waals surface area (Å²) in [6, 6.07) is 21.6. The fraction of sp³-hybridized carbons (Fsp3) is 0.136. The first-order valence-electron chi connectivity index (χ1n) is 8.67. The Morgan fingerprint density at radius 1 is 0.923 bits per heavy atom. The minimum atomic E-state index is -0.184. The summed E-state index contributed by atoms with van der Waals surface area (Å²) >= 11 is 0. The monoisotopic (exact) mass is 344 g/mol. The van der Waals surface area contributed by atoms with E-state index >= 15 is 0 Å². The van der Waals surface area contributed by atoms with Crippen LogP contribution in [0.5, 0.6) is 5.75 Å². The van der Waals surface area contributed by atoms with Crippen LogP contribution in [0.25, 0.3) is 0 Å². The molecule has 1 aliphatic heterocycles. The molecule has 3 aromatic carbocycles. The number of nitrogens with one attached hydrogen (secondary N) is 2. The number of hydrogen-bond donors (Lipinski definition) is 2. The fourth-order valence-corrected chi connectivity index (χ4v) is 3.29. The Labute approximate surface area is 152 Å². The molecule has 0 aliphatic carbocycles. The molecular weight excluding hydrogens is 324 g/mol. The van der Waals surface area contributed by atoms with Crippen molar-refractivity contribution < 1.29 is 9.53 Å². The van der Waals surface area contributed by atoms with Crippen LogP contribution >= 0.6 is 0 Å². The molecule has 0 fully saturated rings. The Hall–Kier alpha value is -3.27. The average Bonchev–Trinajstić information content (AvgIpc) is 2.86. The molecule has 0 spiro atoms. The Morgan fingerprint density at radius 2 is 1.65 bits per heavy atom. The van der Waals surface area contributed by atoms with Gasteiger partial charge in [-0.15, -0.1) is 0 Å². The van der Waals surface area contributed by atoms with Gasteiger partial charge in [-0.2, -0.15) is 0 Å². The van der Waals surface area contributed by atoms with Crippen LogP contribution < -0.4 is 15.4 Å². The Morgan fingerprint density at radius 3 is 2.50 bits per heavy atom. The lowest BCUT2D eigenvalue weighted by molar-refractivity contribution is 0.102. The van der Waals surface area contributed by atoms with Crippen molar-refractivity contribution in [3.8, 4) is 5.75 Å². The van der Waals surface area contributed by atoms with E-state index in [-0.39, 0.29) is 5.91 Å². The first-order valence-corrected chi connectivity index (χ1v) is 8.67. The lowest BCUT2D eigenvalue weighted by Crippen LogP contribution is -2.13. The second-order valence-electron chi connectivity index (χ2n) is 6.31. The van der Waals surface area contributed by atoms with Crippen molar-refractivity contribution in [3.63, 3.8) is 0 Å². The Bertz CT molecular complexity index is 966. The van der Waals surface area contributed by atoms with Crippen LogP contribution in [0.15, 0.2) is 66.7 Å². The number of carbonyl (C=O) groups excluding carboxylic acids is 1. The van der Waals surface area contributed by atoms with Gasteiger partial charge in [0.25, 0.3) is 5.91 Å². The minimum absolute atomic E-state index is 0.184. The van der Waals surface area contributed by atoms with Gasteiger partial charge in [0.2, 0.25) is 0 Å². The molecule has 0 saturated carbocycles. The van der Waals surface area contributed by atoms with Crippen LogP contribution in [-0.2, 0) is 12.8 Å². The molecule has 0 unspecified atom stereocenters. The summed E-state index contributed by atoms with van der Waals surface area (Å²) in [6.07, 6.45) is 1.98. The second-order valence-corrected chi connectivity index (χ2v) is 6.31. The molecule has 4 rings (SSSR count). The zero-order valence-electron chi connectivity index (χ0n) is 14.6. The summed E-state index contributed by atoms with van der Waals surface area (Å²) in [6.45, 7) is 0. The number of amides is 1. The van der Waals surface area contributed by atoms with E-state index in [1.807, 2.05) is 30.3 Å². The SMILES string of the molecule is COc1ccccc1C(=O)Nc1ccc2c(c1)Nc1ccccc1CC2. The van der Waals surface area contributed by atoms with Crippen molar-refractivity contribution >= 4 is 23.0 Å². The number of fused-ring (bicyclic) bond motifs is 2. The third-order valence-corrected chi connectivity index (χ3v) is 4.67. The first-order chi connectivity index (χ1) is 12.7. The van der Waals surface area contributed by atoms with Crippen molar-refractivity contribution in [2.24, 2.45) is 0 Å². The normalized spacial score (nSPS) is 12.2.